The number of carboxylic acid groups (broad SMARTS) is 1. The number of carbonyl (C=O) groups is 1. The maximum atomic E-state index is 13.3. The number of aliphatic carboxylic acids is 1. The van der Waals surface area contributed by atoms with Crippen LogP contribution < -0.4 is 4.74 Å². The summed E-state index contributed by atoms with van der Waals surface area (Å²) in [6.07, 6.45) is -0.971. The molecule has 1 aromatic carbocycles. The van der Waals surface area contributed by atoms with Gasteiger partial charge in [0.05, 0.1) is 6.61 Å². The second kappa shape index (κ2) is 4.31. The number of rotatable bonds is 4. The minimum atomic E-state index is -3.21. The normalized spacial score (nSPS) is 14.2. The van der Waals surface area contributed by atoms with Gasteiger partial charge in [-0.05, 0) is 17.2 Å². The zero-order valence-corrected chi connectivity index (χ0v) is 9.08. The van der Waals surface area contributed by atoms with Crippen LogP contribution >= 0.6 is 0 Å². The molecule has 0 saturated carbocycles. The Balaban J connectivity index is 2.11. The van der Waals surface area contributed by atoms with Gasteiger partial charge >= 0.3 is 5.97 Å². The van der Waals surface area contributed by atoms with Gasteiger partial charge in [-0.3, -0.25) is 4.79 Å². The lowest BCUT2D eigenvalue weighted by molar-refractivity contribution is -0.144. The third kappa shape index (κ3) is 2.93. The Kier molecular flexibility index (Phi) is 3.00. The van der Waals surface area contributed by atoms with Crippen molar-refractivity contribution < 1.29 is 23.4 Å². The first-order valence-corrected chi connectivity index (χ1v) is 5.30. The van der Waals surface area contributed by atoms with Gasteiger partial charge in [0.2, 0.25) is 0 Å². The molecular weight excluding hydrogens is 230 g/mol. The summed E-state index contributed by atoms with van der Waals surface area (Å²) in [5.41, 5.74) is 1.36. The molecule has 2 rings (SSSR count). The molecule has 0 saturated heterocycles. The van der Waals surface area contributed by atoms with Crippen molar-refractivity contribution in [1.29, 1.82) is 0 Å². The van der Waals surface area contributed by atoms with E-state index in [1.807, 2.05) is 0 Å². The molecule has 1 aliphatic heterocycles. The van der Waals surface area contributed by atoms with Crippen LogP contribution in [-0.4, -0.2) is 23.6 Å². The zero-order valence-electron chi connectivity index (χ0n) is 9.08. The fourth-order valence-corrected chi connectivity index (χ4v) is 1.93. The van der Waals surface area contributed by atoms with E-state index in [4.69, 9.17) is 9.84 Å². The van der Waals surface area contributed by atoms with Crippen LogP contribution in [0.3, 0.4) is 0 Å². The Morgan fingerprint density at radius 1 is 1.47 bits per heavy atom. The lowest BCUT2D eigenvalue weighted by Crippen LogP contribution is -2.23. The van der Waals surface area contributed by atoms with E-state index < -0.39 is 24.7 Å². The first kappa shape index (κ1) is 11.8. The first-order valence-electron chi connectivity index (χ1n) is 5.30. The SMILES string of the molecule is O=C(O)CC(F)(F)Cc1ccc2c(c1)CCO2. The molecule has 1 N–H and O–H groups in total. The van der Waals surface area contributed by atoms with Gasteiger partial charge in [-0.25, -0.2) is 8.78 Å². The summed E-state index contributed by atoms with van der Waals surface area (Å²) in [4.78, 5) is 10.3. The quantitative estimate of drug-likeness (QED) is 0.881. The van der Waals surface area contributed by atoms with Crippen LogP contribution in [0, 0.1) is 0 Å². The molecule has 1 aliphatic rings. The van der Waals surface area contributed by atoms with E-state index in [0.717, 1.165) is 11.3 Å². The van der Waals surface area contributed by atoms with Gasteiger partial charge in [0.25, 0.3) is 5.92 Å². The predicted octanol–water partition coefficient (Wildman–Crippen LogP) is 2.27. The Labute approximate surface area is 97.0 Å². The molecule has 0 unspecified atom stereocenters. The van der Waals surface area contributed by atoms with Crippen molar-refractivity contribution in [2.24, 2.45) is 0 Å². The molecule has 3 nitrogen and oxygen atoms in total. The number of alkyl halides is 2. The summed E-state index contributed by atoms with van der Waals surface area (Å²) in [6.45, 7) is 0.574. The van der Waals surface area contributed by atoms with Gasteiger partial charge in [-0.15, -0.1) is 0 Å². The van der Waals surface area contributed by atoms with Gasteiger partial charge in [0.15, 0.2) is 0 Å². The largest absolute Gasteiger partial charge is 0.493 e. The van der Waals surface area contributed by atoms with E-state index in [1.54, 1.807) is 18.2 Å². The molecule has 0 fully saturated rings. The highest BCUT2D eigenvalue weighted by Gasteiger charge is 2.32. The van der Waals surface area contributed by atoms with Crippen LogP contribution in [-0.2, 0) is 17.6 Å². The van der Waals surface area contributed by atoms with E-state index in [1.165, 1.54) is 0 Å². The molecule has 0 aromatic heterocycles. The maximum Gasteiger partial charge on any atom is 0.309 e. The van der Waals surface area contributed by atoms with E-state index in [-0.39, 0.29) is 0 Å². The molecule has 5 heteroatoms. The van der Waals surface area contributed by atoms with Crippen LogP contribution in [0.4, 0.5) is 8.78 Å². The highest BCUT2D eigenvalue weighted by molar-refractivity contribution is 5.67. The number of halogens is 2. The van der Waals surface area contributed by atoms with Crippen molar-refractivity contribution in [3.63, 3.8) is 0 Å². The average Bonchev–Trinajstić information content (AvgIpc) is 2.61. The average molecular weight is 242 g/mol. The Morgan fingerprint density at radius 2 is 2.24 bits per heavy atom. The lowest BCUT2D eigenvalue weighted by Gasteiger charge is -2.14. The number of ether oxygens (including phenoxy) is 1. The molecule has 1 aromatic rings. The molecular formula is C12H12F2O3. The van der Waals surface area contributed by atoms with E-state index in [9.17, 15) is 13.6 Å². The summed E-state index contributed by atoms with van der Waals surface area (Å²) in [6, 6.07) is 4.88. The second-order valence-corrected chi connectivity index (χ2v) is 4.14. The van der Waals surface area contributed by atoms with E-state index >= 15 is 0 Å². The molecule has 1 heterocycles. The second-order valence-electron chi connectivity index (χ2n) is 4.14. The maximum absolute atomic E-state index is 13.3. The summed E-state index contributed by atoms with van der Waals surface area (Å²) in [7, 11) is 0. The number of carboxylic acids is 1. The van der Waals surface area contributed by atoms with Gasteiger partial charge < -0.3 is 9.84 Å². The van der Waals surface area contributed by atoms with Crippen molar-refractivity contribution in [2.45, 2.75) is 25.2 Å². The van der Waals surface area contributed by atoms with Crippen molar-refractivity contribution in [3.8, 4) is 5.75 Å². The van der Waals surface area contributed by atoms with Crippen LogP contribution in [0.25, 0.3) is 0 Å². The molecule has 0 spiro atoms. The van der Waals surface area contributed by atoms with E-state index in [0.29, 0.717) is 18.6 Å². The first-order chi connectivity index (χ1) is 7.96. The number of benzene rings is 1. The fraction of sp³-hybridized carbons (Fsp3) is 0.417. The van der Waals surface area contributed by atoms with Crippen LogP contribution in [0.1, 0.15) is 17.5 Å². The highest BCUT2D eigenvalue weighted by atomic mass is 19.3. The smallest absolute Gasteiger partial charge is 0.309 e. The summed E-state index contributed by atoms with van der Waals surface area (Å²) < 4.78 is 31.9. The van der Waals surface area contributed by atoms with Crippen molar-refractivity contribution in [2.75, 3.05) is 6.61 Å². The van der Waals surface area contributed by atoms with Crippen molar-refractivity contribution in [1.82, 2.24) is 0 Å². The van der Waals surface area contributed by atoms with Crippen molar-refractivity contribution in [3.05, 3.63) is 29.3 Å². The Morgan fingerprint density at radius 3 is 2.94 bits per heavy atom. The Bertz CT molecular complexity index is 443. The third-order valence-corrected chi connectivity index (χ3v) is 2.63. The van der Waals surface area contributed by atoms with Crippen LogP contribution in [0.5, 0.6) is 5.75 Å². The number of hydrogen-bond acceptors (Lipinski definition) is 2. The molecule has 0 atom stereocenters. The molecule has 0 aliphatic carbocycles. The highest BCUT2D eigenvalue weighted by Crippen LogP contribution is 2.29. The third-order valence-electron chi connectivity index (χ3n) is 2.63. The number of hydrogen-bond donors (Lipinski definition) is 1. The molecule has 0 radical (unpaired) electrons. The van der Waals surface area contributed by atoms with Gasteiger partial charge in [0, 0.05) is 12.8 Å². The van der Waals surface area contributed by atoms with Crippen molar-refractivity contribution >= 4 is 5.97 Å². The van der Waals surface area contributed by atoms with E-state index in [2.05, 4.69) is 0 Å². The zero-order chi connectivity index (χ0) is 12.5. The standard InChI is InChI=1S/C12H12F2O3/c13-12(14,7-11(15)16)6-8-1-2-10-9(5-8)3-4-17-10/h1-2,5H,3-4,6-7H2,(H,15,16). The monoisotopic (exact) mass is 242 g/mol. The molecule has 17 heavy (non-hydrogen) atoms. The summed E-state index contributed by atoms with van der Waals surface area (Å²) in [5, 5.41) is 8.38. The summed E-state index contributed by atoms with van der Waals surface area (Å²) >= 11 is 0. The van der Waals surface area contributed by atoms with Gasteiger partial charge in [0.1, 0.15) is 12.2 Å². The lowest BCUT2D eigenvalue weighted by atomic mass is 10.0. The minimum Gasteiger partial charge on any atom is -0.493 e. The van der Waals surface area contributed by atoms with Crippen LogP contribution in [0.15, 0.2) is 18.2 Å². The molecule has 0 bridgehead atoms. The minimum absolute atomic E-state index is 0.445. The number of fused-ring (bicyclic) bond motifs is 1. The Hall–Kier alpha value is -1.65. The topological polar surface area (TPSA) is 46.5 Å². The van der Waals surface area contributed by atoms with Gasteiger partial charge in [-0.2, -0.15) is 0 Å². The fourth-order valence-electron chi connectivity index (χ4n) is 1.93. The molecule has 92 valence electrons. The molecule has 0 amide bonds. The van der Waals surface area contributed by atoms with Crippen LogP contribution in [0.2, 0.25) is 0 Å². The summed E-state index contributed by atoms with van der Waals surface area (Å²) in [5.74, 6) is -3.96. The predicted molar refractivity (Wildman–Crippen MR) is 56.5 cm³/mol. The van der Waals surface area contributed by atoms with Gasteiger partial charge in [-0.1, -0.05) is 12.1 Å².